The quantitative estimate of drug-likeness (QED) is 0.0809. The Kier molecular flexibility index (Phi) is 33.5. The molecule has 10 fully saturated rings. The van der Waals surface area contributed by atoms with Gasteiger partial charge in [-0.05, 0) is 98.3 Å². The molecular weight excluding hydrogens is 1480 g/mol. The molecule has 0 aromatic heterocycles. The average Bonchev–Trinajstić information content (AvgIpc) is 1.77. The SMILES string of the molecule is C/C=C/COC(=O)C1COS(=O)(=O)O1.C=CCOC(=O)C1COS(=O)(=O)O1.C=COC(=O)C1COS(=O)(=O)O1.CC(C)(C)OC(=O)C1COS(=O)(=O)O1.O=C(OC1CCC1)C1COS(=O)(=O)O1.O=C(OC1CCCC1)C1COS(=O)(=O)O1.O=C(OC1CCCCC1)C1COS(=O)(=O)O1. The van der Waals surface area contributed by atoms with Crippen LogP contribution >= 0.6 is 0 Å². The van der Waals surface area contributed by atoms with E-state index in [0.29, 0.717) is 0 Å². The Hall–Kier alpha value is -5.40. The maximum absolute atomic E-state index is 11.5. The molecule has 10 aliphatic rings. The molecule has 7 atom stereocenters. The summed E-state index contributed by atoms with van der Waals surface area (Å²) in [6.45, 7) is 11.2. The Labute approximate surface area is 564 Å². The molecule has 0 aromatic carbocycles. The number of allylic oxidation sites excluding steroid dienone is 1. The number of esters is 7. The van der Waals surface area contributed by atoms with Crippen LogP contribution in [0.25, 0.3) is 0 Å². The fourth-order valence-electron chi connectivity index (χ4n) is 7.63. The highest BCUT2D eigenvalue weighted by Crippen LogP contribution is 2.27. The highest BCUT2D eigenvalue weighted by Gasteiger charge is 2.43. The highest BCUT2D eigenvalue weighted by atomic mass is 32.3. The molecule has 0 aromatic rings. The first kappa shape index (κ1) is 85.0. The number of hydrogen-bond acceptors (Lipinski definition) is 42. The summed E-state index contributed by atoms with van der Waals surface area (Å²) in [5, 5.41) is 0. The van der Waals surface area contributed by atoms with Crippen molar-refractivity contribution in [2.75, 3.05) is 59.5 Å². The third-order valence-corrected chi connectivity index (χ3v) is 18.5. The summed E-state index contributed by atoms with van der Waals surface area (Å²) in [5.74, 6) is -5.05. The summed E-state index contributed by atoms with van der Waals surface area (Å²) in [6, 6.07) is 0. The van der Waals surface area contributed by atoms with Gasteiger partial charge >= 0.3 is 115 Å². The van der Waals surface area contributed by atoms with Crippen LogP contribution in [0, 0.1) is 0 Å². The van der Waals surface area contributed by atoms with Crippen molar-refractivity contribution in [3.8, 4) is 0 Å². The van der Waals surface area contributed by atoms with E-state index in [-0.39, 0.29) is 77.8 Å². The Morgan fingerprint density at radius 3 is 0.857 bits per heavy atom. The first-order chi connectivity index (χ1) is 45.5. The topological polar surface area (TPSA) is 552 Å². The van der Waals surface area contributed by atoms with Gasteiger partial charge in [0.15, 0.2) is 0 Å². The summed E-state index contributed by atoms with van der Waals surface area (Å²) < 4.78 is 242. The molecule has 49 heteroatoms. The monoisotopic (exact) mass is 1560 g/mol. The third kappa shape index (κ3) is 32.5. The maximum Gasteiger partial charge on any atom is 0.400 e. The lowest BCUT2D eigenvalue weighted by atomic mass is 9.96. The van der Waals surface area contributed by atoms with Crippen molar-refractivity contribution in [1.29, 1.82) is 0 Å². The standard InChI is InChI=1S/C9H14O6S.C8H12O6S.C7H10O6S.C7H12O6S.C7H10O6S.C6H8O6S.C5H6O6S/c10-9(8-6-13-16(11,12)15-8)14-7-4-2-1-3-5-7;9-8(13-6-3-1-2-4-6)7-5-12-15(10,11)14-7;8-7(12-5-2-1-3-5)6-4-11-14(9,10)13-6;1-7(2,3)12-6(8)5-4-11-14(9,10)13-5;1-2-3-4-11-7(8)6-5-12-14(9,10)13-6;1-2-3-10-6(7)5-4-11-13(8,9)12-5;1-2-9-5(6)4-3-10-12(7,8)11-4/h7-8H,1-6H2;6-7H,1-5H2;5-6H,1-4H2;5H,4H2,1-3H3;2-3,6H,4-5H2,1H3;2,5H,1,3-4H2;2,4H,1,3H2/b;;;;3-2+;;. The molecule has 0 spiro atoms. The zero-order chi connectivity index (χ0) is 73.3. The van der Waals surface area contributed by atoms with Crippen molar-refractivity contribution in [1.82, 2.24) is 0 Å². The molecule has 0 amide bonds. The van der Waals surface area contributed by atoms with E-state index in [4.69, 9.17) is 18.9 Å². The average molecular weight is 1560 g/mol. The zero-order valence-electron chi connectivity index (χ0n) is 52.4. The molecule has 3 aliphatic carbocycles. The minimum atomic E-state index is -4.00. The van der Waals surface area contributed by atoms with Gasteiger partial charge in [-0.2, -0.15) is 58.9 Å². The van der Waals surface area contributed by atoms with Crippen LogP contribution in [-0.4, -0.2) is 227 Å². The fourth-order valence-corrected chi connectivity index (χ4v) is 13.0. The molecule has 7 saturated heterocycles. The lowest BCUT2D eigenvalue weighted by Gasteiger charge is -2.25. The lowest BCUT2D eigenvalue weighted by Crippen LogP contribution is -2.33. The largest absolute Gasteiger partial charge is 0.460 e. The predicted molar refractivity (Wildman–Crippen MR) is 312 cm³/mol. The van der Waals surface area contributed by atoms with Crippen LogP contribution in [0.15, 0.2) is 37.6 Å². The Morgan fingerprint density at radius 2 is 0.622 bits per heavy atom. The second kappa shape index (κ2) is 38.6. The second-order valence-corrected chi connectivity index (χ2v) is 29.9. The van der Waals surface area contributed by atoms with Gasteiger partial charge in [0.05, 0.1) is 6.26 Å². The van der Waals surface area contributed by atoms with E-state index in [9.17, 15) is 92.5 Å². The summed E-state index contributed by atoms with van der Waals surface area (Å²) in [4.78, 5) is 78.2. The van der Waals surface area contributed by atoms with Crippen molar-refractivity contribution in [2.24, 2.45) is 0 Å². The van der Waals surface area contributed by atoms with Crippen molar-refractivity contribution in [3.05, 3.63) is 37.6 Å². The van der Waals surface area contributed by atoms with Crippen LogP contribution in [0.1, 0.15) is 105 Å². The van der Waals surface area contributed by atoms with Gasteiger partial charge in [-0.3, -0.25) is 0 Å². The van der Waals surface area contributed by atoms with Gasteiger partial charge in [-0.1, -0.05) is 37.8 Å². The van der Waals surface area contributed by atoms with Crippen molar-refractivity contribution >= 4 is 115 Å². The van der Waals surface area contributed by atoms with Gasteiger partial charge < -0.3 is 33.2 Å². The smallest absolute Gasteiger partial charge is 0.400 e. The number of ether oxygens (including phenoxy) is 7. The predicted octanol–water partition coefficient (Wildman–Crippen LogP) is -1.14. The molecule has 42 nitrogen and oxygen atoms in total. The Bertz CT molecular complexity index is 3600. The van der Waals surface area contributed by atoms with Crippen LogP contribution in [0.2, 0.25) is 0 Å². The van der Waals surface area contributed by atoms with E-state index in [2.05, 4.69) is 85.9 Å². The molecule has 98 heavy (non-hydrogen) atoms. The summed E-state index contributed by atoms with van der Waals surface area (Å²) in [5.41, 5.74) is -0.674. The van der Waals surface area contributed by atoms with Crippen LogP contribution < -0.4 is 0 Å². The Balaban J connectivity index is 0.000000243. The first-order valence-corrected chi connectivity index (χ1v) is 38.1. The van der Waals surface area contributed by atoms with Crippen LogP contribution in [0.3, 0.4) is 0 Å². The molecule has 7 aliphatic heterocycles. The summed E-state index contributed by atoms with van der Waals surface area (Å²) in [6.07, 6.45) is 8.54. The highest BCUT2D eigenvalue weighted by molar-refractivity contribution is 7.83. The van der Waals surface area contributed by atoms with Crippen LogP contribution in [0.5, 0.6) is 0 Å². The van der Waals surface area contributed by atoms with Crippen molar-refractivity contribution in [2.45, 2.75) is 171 Å². The van der Waals surface area contributed by atoms with E-state index < -0.39 is 163 Å². The molecule has 7 heterocycles. The van der Waals surface area contributed by atoms with Crippen molar-refractivity contribution in [3.63, 3.8) is 0 Å². The van der Waals surface area contributed by atoms with Gasteiger partial charge in [0.1, 0.15) is 83.4 Å². The number of carbonyl (C=O) groups excluding carboxylic acids is 7. The van der Waals surface area contributed by atoms with E-state index in [1.54, 1.807) is 39.8 Å². The van der Waals surface area contributed by atoms with Gasteiger partial charge in [0.25, 0.3) is 0 Å². The number of hydrogen-bond donors (Lipinski definition) is 0. The summed E-state index contributed by atoms with van der Waals surface area (Å²) in [7, 11) is -27.9. The molecule has 562 valence electrons. The minimum Gasteiger partial charge on any atom is -0.460 e. The van der Waals surface area contributed by atoms with E-state index in [1.807, 2.05) is 0 Å². The lowest BCUT2D eigenvalue weighted by molar-refractivity contribution is -0.163. The molecule has 0 radical (unpaired) electrons. The zero-order valence-corrected chi connectivity index (χ0v) is 58.1. The van der Waals surface area contributed by atoms with E-state index in [0.717, 1.165) is 83.3 Å². The van der Waals surface area contributed by atoms with Crippen molar-refractivity contribution < 1.29 is 184 Å². The van der Waals surface area contributed by atoms with E-state index >= 15 is 0 Å². The van der Waals surface area contributed by atoms with Gasteiger partial charge in [-0.15, -0.1) is 0 Å². The Morgan fingerprint density at radius 1 is 0.367 bits per heavy atom. The minimum absolute atomic E-state index is 0.0126. The number of carbonyl (C=O) groups is 7. The molecular formula is C49H72O42S7. The third-order valence-electron chi connectivity index (χ3n) is 12.3. The van der Waals surface area contributed by atoms with Gasteiger partial charge in [0, 0.05) is 0 Å². The number of rotatable bonds is 15. The fraction of sp³-hybridized carbons (Fsp3) is 0.735. The molecule has 0 N–H and O–H groups in total. The normalized spacial score (nSPS) is 28.0. The summed E-state index contributed by atoms with van der Waals surface area (Å²) >= 11 is 0. The molecule has 0 bridgehead atoms. The molecule has 7 unspecified atom stereocenters. The van der Waals surface area contributed by atoms with Gasteiger partial charge in [-0.25, -0.2) is 92.1 Å². The van der Waals surface area contributed by atoms with Crippen LogP contribution in [0.4, 0.5) is 0 Å². The van der Waals surface area contributed by atoms with E-state index in [1.165, 1.54) is 6.08 Å². The van der Waals surface area contributed by atoms with Crippen LogP contribution in [-0.2, 0) is 198 Å². The van der Waals surface area contributed by atoms with Gasteiger partial charge in [0.2, 0.25) is 42.7 Å². The second-order valence-electron chi connectivity index (χ2n) is 21.2. The molecule has 3 saturated carbocycles. The maximum atomic E-state index is 11.5. The first-order valence-electron chi connectivity index (χ1n) is 28.8. The molecule has 10 rings (SSSR count).